The monoisotopic (exact) mass is 389 g/mol. The fourth-order valence-corrected chi connectivity index (χ4v) is 3.04. The van der Waals surface area contributed by atoms with Crippen molar-refractivity contribution >= 4 is 11.9 Å². The van der Waals surface area contributed by atoms with E-state index in [-0.39, 0.29) is 12.6 Å². The molecule has 1 heterocycles. The highest BCUT2D eigenvalue weighted by atomic mass is 19.4. The number of halogens is 3. The van der Waals surface area contributed by atoms with Gasteiger partial charge in [-0.05, 0) is 25.5 Å². The number of nitrogens with one attached hydrogen (secondary N) is 2. The Bertz CT molecular complexity index is 682. The van der Waals surface area contributed by atoms with Crippen LogP contribution in [0.1, 0.15) is 24.4 Å². The zero-order valence-electron chi connectivity index (χ0n) is 15.1. The maximum atomic E-state index is 12.1. The molecule has 3 amide bonds. The minimum atomic E-state index is -4.54. The van der Waals surface area contributed by atoms with Gasteiger partial charge in [-0.3, -0.25) is 15.0 Å². The van der Waals surface area contributed by atoms with Crippen LogP contribution in [0, 0.1) is 0 Å². The van der Waals surface area contributed by atoms with Gasteiger partial charge in [-0.15, -0.1) is 0 Å². The summed E-state index contributed by atoms with van der Waals surface area (Å²) in [6, 6.07) is 4.12. The highest BCUT2D eigenvalue weighted by molar-refractivity contribution is 5.95. The summed E-state index contributed by atoms with van der Waals surface area (Å²) in [7, 11) is 3.08. The molecule has 0 saturated carbocycles. The molecule has 0 bridgehead atoms. The van der Waals surface area contributed by atoms with E-state index in [9.17, 15) is 22.8 Å². The molecule has 7 nitrogen and oxygen atoms in total. The number of carbonyl (C=O) groups excluding carboxylic acids is 2. The van der Waals surface area contributed by atoms with Crippen LogP contribution in [0.4, 0.5) is 18.0 Å². The van der Waals surface area contributed by atoms with Crippen molar-refractivity contribution in [1.29, 1.82) is 0 Å². The fraction of sp³-hybridized carbons (Fsp3) is 0.529. The number of carbonyl (C=O) groups is 2. The van der Waals surface area contributed by atoms with E-state index in [4.69, 9.17) is 9.47 Å². The summed E-state index contributed by atoms with van der Waals surface area (Å²) in [4.78, 5) is 25.3. The molecule has 10 heteroatoms. The highest BCUT2D eigenvalue weighted by Gasteiger charge is 2.31. The number of ether oxygens (including phenoxy) is 2. The van der Waals surface area contributed by atoms with Gasteiger partial charge in [-0.1, -0.05) is 6.07 Å². The standard InChI is InChI=1S/C17H22F3N3O4/c1-26-11-5-6-12(14(8-11)27-2)13-4-3-7-23(13)9-15(24)22-16(25)21-10-17(18,19)20/h5-6,8,13H,3-4,7,9-10H2,1-2H3,(H2,21,22,24,25)/t13-/m1/s1. The molecule has 0 radical (unpaired) electrons. The highest BCUT2D eigenvalue weighted by Crippen LogP contribution is 2.38. The molecule has 1 atom stereocenters. The van der Waals surface area contributed by atoms with Crippen molar-refractivity contribution in [3.63, 3.8) is 0 Å². The lowest BCUT2D eigenvalue weighted by Crippen LogP contribution is -2.46. The predicted octanol–water partition coefficient (Wildman–Crippen LogP) is 2.23. The first-order chi connectivity index (χ1) is 12.7. The smallest absolute Gasteiger partial charge is 0.405 e. The number of rotatable bonds is 6. The maximum Gasteiger partial charge on any atom is 0.405 e. The Morgan fingerprint density at radius 3 is 2.63 bits per heavy atom. The van der Waals surface area contributed by atoms with E-state index in [0.717, 1.165) is 18.4 Å². The normalized spacial score (nSPS) is 17.4. The van der Waals surface area contributed by atoms with E-state index in [1.165, 1.54) is 7.11 Å². The Balaban J connectivity index is 1.98. The molecule has 1 aromatic carbocycles. The molecule has 0 aromatic heterocycles. The van der Waals surface area contributed by atoms with Crippen LogP contribution in [0.25, 0.3) is 0 Å². The lowest BCUT2D eigenvalue weighted by Gasteiger charge is -2.25. The molecule has 0 unspecified atom stereocenters. The molecule has 1 aromatic rings. The average molecular weight is 389 g/mol. The van der Waals surface area contributed by atoms with Crippen LogP contribution in [0.15, 0.2) is 18.2 Å². The maximum absolute atomic E-state index is 12.1. The third kappa shape index (κ3) is 6.02. The Morgan fingerprint density at radius 2 is 2.00 bits per heavy atom. The van der Waals surface area contributed by atoms with Crippen LogP contribution in [-0.4, -0.2) is 56.9 Å². The SMILES string of the molecule is COc1ccc([C@H]2CCCN2CC(=O)NC(=O)NCC(F)(F)F)c(OC)c1. The van der Waals surface area contributed by atoms with Gasteiger partial charge in [0.25, 0.3) is 0 Å². The predicted molar refractivity (Wildman–Crippen MR) is 90.7 cm³/mol. The Labute approximate surface area is 154 Å². The van der Waals surface area contributed by atoms with Crippen LogP contribution in [0.3, 0.4) is 0 Å². The van der Waals surface area contributed by atoms with Crippen molar-refractivity contribution in [2.75, 3.05) is 33.9 Å². The van der Waals surface area contributed by atoms with E-state index in [1.54, 1.807) is 24.6 Å². The molecule has 1 aliphatic heterocycles. The third-order valence-electron chi connectivity index (χ3n) is 4.21. The molecule has 150 valence electrons. The Hall–Kier alpha value is -2.49. The van der Waals surface area contributed by atoms with E-state index in [2.05, 4.69) is 0 Å². The number of alkyl halides is 3. The van der Waals surface area contributed by atoms with Gasteiger partial charge in [-0.25, -0.2) is 4.79 Å². The van der Waals surface area contributed by atoms with Gasteiger partial charge in [0.15, 0.2) is 0 Å². The number of hydrogen-bond acceptors (Lipinski definition) is 5. The summed E-state index contributed by atoms with van der Waals surface area (Å²) in [6.45, 7) is -0.988. The van der Waals surface area contributed by atoms with E-state index in [1.807, 2.05) is 16.3 Å². The lowest BCUT2D eigenvalue weighted by molar-refractivity contribution is -0.125. The first kappa shape index (κ1) is 20.8. The first-order valence-electron chi connectivity index (χ1n) is 8.34. The number of imide groups is 1. The largest absolute Gasteiger partial charge is 0.497 e. The van der Waals surface area contributed by atoms with Crippen LogP contribution < -0.4 is 20.1 Å². The lowest BCUT2D eigenvalue weighted by atomic mass is 10.0. The second-order valence-electron chi connectivity index (χ2n) is 6.08. The summed E-state index contributed by atoms with van der Waals surface area (Å²) in [6.07, 6.45) is -2.91. The topological polar surface area (TPSA) is 79.9 Å². The van der Waals surface area contributed by atoms with Gasteiger partial charge < -0.3 is 14.8 Å². The molecule has 1 aliphatic rings. The molecule has 2 N–H and O–H groups in total. The average Bonchev–Trinajstić information content (AvgIpc) is 3.06. The number of methoxy groups -OCH3 is 2. The van der Waals surface area contributed by atoms with Crippen molar-refractivity contribution in [1.82, 2.24) is 15.5 Å². The summed E-state index contributed by atoms with van der Waals surface area (Å²) >= 11 is 0. The minimum absolute atomic E-state index is 0.102. The van der Waals surface area contributed by atoms with Crippen molar-refractivity contribution in [3.8, 4) is 11.5 Å². The van der Waals surface area contributed by atoms with Crippen LogP contribution in [-0.2, 0) is 4.79 Å². The van der Waals surface area contributed by atoms with Gasteiger partial charge in [0.1, 0.15) is 18.0 Å². The Kier molecular flexibility index (Phi) is 6.89. The fourth-order valence-electron chi connectivity index (χ4n) is 3.04. The van der Waals surface area contributed by atoms with Gasteiger partial charge >= 0.3 is 12.2 Å². The van der Waals surface area contributed by atoms with Gasteiger partial charge in [0, 0.05) is 17.7 Å². The molecule has 1 saturated heterocycles. The summed E-state index contributed by atoms with van der Waals surface area (Å²) < 4.78 is 46.8. The quantitative estimate of drug-likeness (QED) is 0.780. The third-order valence-corrected chi connectivity index (χ3v) is 4.21. The number of nitrogens with zero attached hydrogens (tertiary/aromatic N) is 1. The van der Waals surface area contributed by atoms with Crippen molar-refractivity contribution in [3.05, 3.63) is 23.8 Å². The number of likely N-dealkylation sites (tertiary alicyclic amines) is 1. The van der Waals surface area contributed by atoms with Crippen LogP contribution in [0.5, 0.6) is 11.5 Å². The molecule has 2 rings (SSSR count). The second kappa shape index (κ2) is 8.94. The molecular weight excluding hydrogens is 367 g/mol. The molecule has 27 heavy (non-hydrogen) atoms. The van der Waals surface area contributed by atoms with E-state index in [0.29, 0.717) is 18.0 Å². The first-order valence-corrected chi connectivity index (χ1v) is 8.34. The van der Waals surface area contributed by atoms with E-state index >= 15 is 0 Å². The van der Waals surface area contributed by atoms with Crippen LogP contribution in [0.2, 0.25) is 0 Å². The molecular formula is C17H22F3N3O4. The number of benzene rings is 1. The molecule has 0 aliphatic carbocycles. The zero-order chi connectivity index (χ0) is 20.0. The summed E-state index contributed by atoms with van der Waals surface area (Å²) in [5.41, 5.74) is 0.880. The summed E-state index contributed by atoms with van der Waals surface area (Å²) in [5, 5.41) is 3.52. The summed E-state index contributed by atoms with van der Waals surface area (Å²) in [5.74, 6) is 0.586. The number of hydrogen-bond donors (Lipinski definition) is 2. The van der Waals surface area contributed by atoms with E-state index < -0.39 is 24.7 Å². The molecule has 0 spiro atoms. The van der Waals surface area contributed by atoms with Gasteiger partial charge in [0.2, 0.25) is 5.91 Å². The molecule has 1 fully saturated rings. The van der Waals surface area contributed by atoms with Gasteiger partial charge in [-0.2, -0.15) is 13.2 Å². The Morgan fingerprint density at radius 1 is 1.26 bits per heavy atom. The minimum Gasteiger partial charge on any atom is -0.497 e. The van der Waals surface area contributed by atoms with Crippen molar-refractivity contribution < 1.29 is 32.2 Å². The second-order valence-corrected chi connectivity index (χ2v) is 6.08. The van der Waals surface area contributed by atoms with Crippen LogP contribution >= 0.6 is 0 Å². The van der Waals surface area contributed by atoms with Crippen molar-refractivity contribution in [2.45, 2.75) is 25.1 Å². The van der Waals surface area contributed by atoms with Crippen molar-refractivity contribution in [2.24, 2.45) is 0 Å². The zero-order valence-corrected chi connectivity index (χ0v) is 15.1. The number of urea groups is 1. The van der Waals surface area contributed by atoms with Gasteiger partial charge in [0.05, 0.1) is 20.8 Å². The number of amides is 3.